The zero-order chi connectivity index (χ0) is 13.3. The molecule has 1 aromatic rings. The number of rotatable bonds is 3. The van der Waals surface area contributed by atoms with Crippen molar-refractivity contribution in [2.75, 3.05) is 13.6 Å². The van der Waals surface area contributed by atoms with Crippen LogP contribution < -0.4 is 5.73 Å². The molecule has 2 rings (SSSR count). The molecule has 0 spiro atoms. The predicted molar refractivity (Wildman–Crippen MR) is 65.7 cm³/mol. The van der Waals surface area contributed by atoms with Crippen molar-refractivity contribution < 1.29 is 14.3 Å². The molecule has 1 amide bonds. The molecule has 0 atom stereocenters. The first-order valence-electron chi connectivity index (χ1n) is 5.97. The van der Waals surface area contributed by atoms with E-state index in [0.29, 0.717) is 12.5 Å². The molecule has 1 aromatic carbocycles. The Labute approximate surface area is 105 Å². The van der Waals surface area contributed by atoms with Crippen LogP contribution in [0.3, 0.4) is 0 Å². The molecule has 1 aliphatic rings. The number of carbonyl (C=O) groups excluding carboxylic acids is 1. The third-order valence-corrected chi connectivity index (χ3v) is 3.36. The maximum absolute atomic E-state index is 13.5. The molecule has 4 nitrogen and oxygen atoms in total. The Bertz CT molecular complexity index is 438. The average molecular weight is 252 g/mol. The van der Waals surface area contributed by atoms with E-state index < -0.39 is 11.7 Å². The normalized spacial score (nSPS) is 22.4. The van der Waals surface area contributed by atoms with Gasteiger partial charge in [-0.05, 0) is 30.9 Å². The number of halogens is 1. The Morgan fingerprint density at radius 2 is 2.22 bits per heavy atom. The Kier molecular flexibility index (Phi) is 3.52. The van der Waals surface area contributed by atoms with Gasteiger partial charge in [-0.3, -0.25) is 4.79 Å². The lowest BCUT2D eigenvalue weighted by molar-refractivity contribution is 0.0726. The third kappa shape index (κ3) is 2.46. The van der Waals surface area contributed by atoms with Gasteiger partial charge in [-0.25, -0.2) is 4.39 Å². The highest BCUT2D eigenvalue weighted by Gasteiger charge is 2.29. The van der Waals surface area contributed by atoms with Gasteiger partial charge in [0.25, 0.3) is 5.91 Å². The number of amides is 1. The minimum atomic E-state index is -0.697. The first-order chi connectivity index (χ1) is 8.49. The number of nitrogens with two attached hydrogens (primary N) is 1. The highest BCUT2D eigenvalue weighted by molar-refractivity contribution is 5.96. The average Bonchev–Trinajstić information content (AvgIpc) is 2.26. The zero-order valence-electron chi connectivity index (χ0n) is 10.3. The van der Waals surface area contributed by atoms with E-state index in [1.54, 1.807) is 7.05 Å². The van der Waals surface area contributed by atoms with E-state index in [-0.39, 0.29) is 17.4 Å². The van der Waals surface area contributed by atoms with E-state index in [0.717, 1.165) is 12.8 Å². The van der Waals surface area contributed by atoms with Gasteiger partial charge in [0.15, 0.2) is 0 Å². The first-order valence-corrected chi connectivity index (χ1v) is 5.97. The smallest absolute Gasteiger partial charge is 0.260 e. The van der Waals surface area contributed by atoms with Crippen molar-refractivity contribution in [3.8, 4) is 5.75 Å². The summed E-state index contributed by atoms with van der Waals surface area (Å²) in [5.41, 5.74) is 5.42. The number of hydrogen-bond acceptors (Lipinski definition) is 3. The molecule has 98 valence electrons. The second-order valence-electron chi connectivity index (χ2n) is 4.92. The molecule has 0 radical (unpaired) electrons. The van der Waals surface area contributed by atoms with Crippen LogP contribution >= 0.6 is 0 Å². The molecule has 1 saturated carbocycles. The quantitative estimate of drug-likeness (QED) is 0.853. The van der Waals surface area contributed by atoms with Gasteiger partial charge in [-0.15, -0.1) is 0 Å². The van der Waals surface area contributed by atoms with Gasteiger partial charge in [0.2, 0.25) is 0 Å². The summed E-state index contributed by atoms with van der Waals surface area (Å²) >= 11 is 0. The van der Waals surface area contributed by atoms with E-state index in [2.05, 4.69) is 0 Å². The Hall–Kier alpha value is -1.62. The lowest BCUT2D eigenvalue weighted by Gasteiger charge is -2.35. The molecule has 5 heteroatoms. The van der Waals surface area contributed by atoms with Crippen LogP contribution in [0.15, 0.2) is 18.2 Å². The minimum absolute atomic E-state index is 0.223. The van der Waals surface area contributed by atoms with E-state index in [1.807, 2.05) is 0 Å². The van der Waals surface area contributed by atoms with Crippen molar-refractivity contribution in [1.29, 1.82) is 0 Å². The number of nitrogens with zero attached hydrogens (tertiary/aromatic N) is 1. The number of aromatic hydroxyl groups is 1. The molecule has 3 N–H and O–H groups in total. The third-order valence-electron chi connectivity index (χ3n) is 3.36. The van der Waals surface area contributed by atoms with Crippen LogP contribution in [-0.2, 0) is 0 Å². The molecular weight excluding hydrogens is 235 g/mol. The fraction of sp³-hybridized carbons (Fsp3) is 0.462. The van der Waals surface area contributed by atoms with Crippen molar-refractivity contribution in [1.82, 2.24) is 4.90 Å². The molecule has 0 aromatic heterocycles. The van der Waals surface area contributed by atoms with Gasteiger partial charge in [-0.1, -0.05) is 6.07 Å². The summed E-state index contributed by atoms with van der Waals surface area (Å²) < 4.78 is 13.5. The molecule has 1 fully saturated rings. The van der Waals surface area contributed by atoms with E-state index in [9.17, 15) is 14.3 Å². The molecule has 0 unspecified atom stereocenters. The van der Waals surface area contributed by atoms with Crippen molar-refractivity contribution in [3.63, 3.8) is 0 Å². The summed E-state index contributed by atoms with van der Waals surface area (Å²) in [6.45, 7) is 0.542. The fourth-order valence-corrected chi connectivity index (χ4v) is 2.32. The van der Waals surface area contributed by atoms with Crippen molar-refractivity contribution in [2.45, 2.75) is 18.9 Å². The maximum Gasteiger partial charge on any atom is 0.260 e. The minimum Gasteiger partial charge on any atom is -0.507 e. The largest absolute Gasteiger partial charge is 0.507 e. The van der Waals surface area contributed by atoms with Gasteiger partial charge in [0, 0.05) is 19.6 Å². The summed E-state index contributed by atoms with van der Waals surface area (Å²) in [6, 6.07) is 4.07. The monoisotopic (exact) mass is 252 g/mol. The number of carbonyl (C=O) groups is 1. The van der Waals surface area contributed by atoms with E-state index in [4.69, 9.17) is 5.73 Å². The summed E-state index contributed by atoms with van der Waals surface area (Å²) in [6.07, 6.45) is 1.78. The lowest BCUT2D eigenvalue weighted by Crippen LogP contribution is -2.43. The SMILES string of the molecule is CN(CC1CC(N)C1)C(=O)c1c(O)cccc1F. The van der Waals surface area contributed by atoms with Crippen LogP contribution in [0.25, 0.3) is 0 Å². The number of phenolic OH excluding ortho intramolecular Hbond substituents is 1. The van der Waals surface area contributed by atoms with Crippen LogP contribution in [0, 0.1) is 11.7 Å². The van der Waals surface area contributed by atoms with Gasteiger partial charge in [-0.2, -0.15) is 0 Å². The van der Waals surface area contributed by atoms with Gasteiger partial charge < -0.3 is 15.7 Å². The Morgan fingerprint density at radius 1 is 1.56 bits per heavy atom. The van der Waals surface area contributed by atoms with Crippen molar-refractivity contribution in [2.24, 2.45) is 11.7 Å². The van der Waals surface area contributed by atoms with Crippen LogP contribution in [0.1, 0.15) is 23.2 Å². The first kappa shape index (κ1) is 12.8. The van der Waals surface area contributed by atoms with Crippen molar-refractivity contribution in [3.05, 3.63) is 29.6 Å². The molecule has 18 heavy (non-hydrogen) atoms. The number of hydrogen-bond donors (Lipinski definition) is 2. The summed E-state index contributed by atoms with van der Waals surface area (Å²) in [5.74, 6) is -1.14. The maximum atomic E-state index is 13.5. The molecule has 0 heterocycles. The lowest BCUT2D eigenvalue weighted by atomic mass is 9.80. The molecule has 0 bridgehead atoms. The van der Waals surface area contributed by atoms with Crippen LogP contribution in [-0.4, -0.2) is 35.5 Å². The topological polar surface area (TPSA) is 66.6 Å². The zero-order valence-corrected chi connectivity index (χ0v) is 10.3. The molecule has 1 aliphatic carbocycles. The highest BCUT2D eigenvalue weighted by Crippen LogP contribution is 2.27. The summed E-state index contributed by atoms with van der Waals surface area (Å²) in [7, 11) is 1.61. The van der Waals surface area contributed by atoms with Gasteiger partial charge in [0.1, 0.15) is 17.1 Å². The molecular formula is C13H17FN2O2. The Morgan fingerprint density at radius 3 is 2.78 bits per heavy atom. The highest BCUT2D eigenvalue weighted by atomic mass is 19.1. The summed E-state index contributed by atoms with van der Waals surface area (Å²) in [5, 5.41) is 9.55. The van der Waals surface area contributed by atoms with E-state index in [1.165, 1.54) is 23.1 Å². The predicted octanol–water partition coefficient (Wildman–Crippen LogP) is 1.34. The van der Waals surface area contributed by atoms with Crippen LogP contribution in [0.2, 0.25) is 0 Å². The second-order valence-corrected chi connectivity index (χ2v) is 4.92. The van der Waals surface area contributed by atoms with Gasteiger partial charge in [0.05, 0.1) is 0 Å². The van der Waals surface area contributed by atoms with Crippen molar-refractivity contribution >= 4 is 5.91 Å². The fourth-order valence-electron chi connectivity index (χ4n) is 2.32. The number of phenols is 1. The molecule has 0 aliphatic heterocycles. The van der Waals surface area contributed by atoms with Crippen LogP contribution in [0.4, 0.5) is 4.39 Å². The number of benzene rings is 1. The summed E-state index contributed by atoms with van der Waals surface area (Å²) in [4.78, 5) is 13.5. The van der Waals surface area contributed by atoms with Crippen LogP contribution in [0.5, 0.6) is 5.75 Å². The molecule has 0 saturated heterocycles. The van der Waals surface area contributed by atoms with Gasteiger partial charge >= 0.3 is 0 Å². The second kappa shape index (κ2) is 4.94. The Balaban J connectivity index is 2.06. The standard InChI is InChI=1S/C13H17FN2O2/c1-16(7-8-5-9(15)6-8)13(18)12-10(14)3-2-4-11(12)17/h2-4,8-9,17H,5-7,15H2,1H3. The van der Waals surface area contributed by atoms with E-state index >= 15 is 0 Å².